The van der Waals surface area contributed by atoms with Crippen LogP contribution in [0.15, 0.2) is 6.33 Å². The maximum Gasteiger partial charge on any atom is 0.327 e. The molecular weight excluding hydrogens is 607 g/mol. The molecule has 43 heavy (non-hydrogen) atoms. The van der Waals surface area contributed by atoms with Crippen molar-refractivity contribution < 1.29 is 42.8 Å². The van der Waals surface area contributed by atoms with E-state index in [-0.39, 0.29) is 24.2 Å². The van der Waals surface area contributed by atoms with Crippen molar-refractivity contribution in [1.82, 2.24) is 34.4 Å². The highest BCUT2D eigenvalue weighted by molar-refractivity contribution is 8.56. The summed E-state index contributed by atoms with van der Waals surface area (Å²) >= 11 is 0.765. The van der Waals surface area contributed by atoms with Crippen molar-refractivity contribution >= 4 is 53.1 Å². The number of aliphatic hydroxyl groups is 1. The van der Waals surface area contributed by atoms with Crippen molar-refractivity contribution in [3.05, 3.63) is 6.33 Å². The number of likely N-dealkylation sites (N-methyl/N-ethyl adjacent to an activating group) is 2. The Kier molecular flexibility index (Phi) is 9.88. The van der Waals surface area contributed by atoms with E-state index in [1.54, 1.807) is 25.3 Å². The van der Waals surface area contributed by atoms with E-state index in [1.807, 2.05) is 0 Å². The molecule has 2 saturated heterocycles. The van der Waals surface area contributed by atoms with Crippen LogP contribution >= 0.6 is 18.1 Å². The largest absolute Gasteiger partial charge is 0.479 e. The second kappa shape index (κ2) is 12.9. The van der Waals surface area contributed by atoms with Gasteiger partial charge in [-0.15, -0.1) is 0 Å². The van der Waals surface area contributed by atoms with Gasteiger partial charge in [-0.25, -0.2) is 14.9 Å². The Morgan fingerprint density at radius 3 is 2.58 bits per heavy atom. The zero-order chi connectivity index (χ0) is 31.8. The first-order valence-electron chi connectivity index (χ1n) is 13.5. The molecule has 5 unspecified atom stereocenters. The van der Waals surface area contributed by atoms with E-state index in [2.05, 4.69) is 20.0 Å². The van der Waals surface area contributed by atoms with E-state index in [0.29, 0.717) is 11.2 Å². The molecule has 2 fully saturated rings. The number of aliphatic hydroxyl groups excluding tert-OH is 1. The predicted octanol–water partition coefficient (Wildman–Crippen LogP) is 0.992. The lowest BCUT2D eigenvalue weighted by Gasteiger charge is -2.26. The summed E-state index contributed by atoms with van der Waals surface area (Å²) in [5, 5.41) is 13.7. The van der Waals surface area contributed by atoms with Gasteiger partial charge in [-0.1, -0.05) is 18.3 Å². The maximum atomic E-state index is 14.1. The lowest BCUT2D eigenvalue weighted by atomic mass is 10.0. The zero-order valence-corrected chi connectivity index (χ0v) is 26.6. The summed E-state index contributed by atoms with van der Waals surface area (Å²) < 4.78 is 38.1. The molecule has 2 aliphatic rings. The molecule has 0 spiro atoms. The molecule has 2 aromatic heterocycles. The Morgan fingerprint density at radius 2 is 1.98 bits per heavy atom. The van der Waals surface area contributed by atoms with Crippen molar-refractivity contribution in [2.24, 2.45) is 5.92 Å². The van der Waals surface area contributed by atoms with Crippen LogP contribution in [0.5, 0.6) is 5.88 Å². The molecule has 4 rings (SSSR count). The number of methoxy groups -OCH3 is 1. The van der Waals surface area contributed by atoms with E-state index in [4.69, 9.17) is 24.5 Å². The minimum absolute atomic E-state index is 0.0365. The molecule has 17 nitrogen and oxygen atoms in total. The molecular formula is C24H37N8O9PS. The van der Waals surface area contributed by atoms with E-state index >= 15 is 0 Å². The third-order valence-corrected chi connectivity index (χ3v) is 11.2. The molecule has 0 bridgehead atoms. The van der Waals surface area contributed by atoms with Crippen molar-refractivity contribution in [3.63, 3.8) is 0 Å². The monoisotopic (exact) mass is 644 g/mol. The number of ether oxygens (including phenoxy) is 3. The summed E-state index contributed by atoms with van der Waals surface area (Å²) in [6, 6.07) is -2.43. The first-order valence-corrected chi connectivity index (χ1v) is 16.7. The minimum Gasteiger partial charge on any atom is -0.479 e. The smallest absolute Gasteiger partial charge is 0.327 e. The predicted molar refractivity (Wildman–Crippen MR) is 155 cm³/mol. The van der Waals surface area contributed by atoms with Crippen LogP contribution in [0.3, 0.4) is 0 Å². The molecule has 19 heteroatoms. The highest BCUT2D eigenvalue weighted by Crippen LogP contribution is 2.57. The standard InChI is InChI=1S/C24H37N8O9PS/c1-11(2)40-22(35)13(4)29-42(37,43-9-14-20(34)31(6)24(36)30(14)5)39-8-15-17(33)12(3)21(41-15)32-10-26-16-18(32)27-23(25)28-19(16)38-7/h10-15,17,21,33H,8-9H2,1-7H3,(H,29,37)(H2,25,27,28)/t12?,13-,14?,15?,17-,21?,42?/m0/s1. The number of urea groups is 1. The first-order chi connectivity index (χ1) is 20.2. The summed E-state index contributed by atoms with van der Waals surface area (Å²) in [6.07, 6.45) is -1.69. The number of amides is 3. The highest BCUT2D eigenvalue weighted by atomic mass is 32.7. The van der Waals surface area contributed by atoms with Gasteiger partial charge in [-0.3, -0.25) is 23.6 Å². The molecule has 0 aliphatic carbocycles. The van der Waals surface area contributed by atoms with Gasteiger partial charge < -0.3 is 34.5 Å². The Labute approximate surface area is 252 Å². The number of hydrogen-bond donors (Lipinski definition) is 3. The van der Waals surface area contributed by atoms with Gasteiger partial charge in [-0.2, -0.15) is 9.97 Å². The lowest BCUT2D eigenvalue weighted by Crippen LogP contribution is -2.37. The van der Waals surface area contributed by atoms with Gasteiger partial charge in [0.2, 0.25) is 11.8 Å². The van der Waals surface area contributed by atoms with Gasteiger partial charge in [0.1, 0.15) is 24.4 Å². The number of rotatable bonds is 12. The number of esters is 1. The quantitative estimate of drug-likeness (QED) is 0.167. The normalized spacial score (nSPS) is 26.4. The number of fused-ring (bicyclic) bond motifs is 1. The molecule has 4 heterocycles. The van der Waals surface area contributed by atoms with E-state index in [0.717, 1.165) is 16.3 Å². The van der Waals surface area contributed by atoms with Crippen LogP contribution in [-0.2, 0) is 28.2 Å². The summed E-state index contributed by atoms with van der Waals surface area (Å²) in [7, 11) is 4.26. The minimum atomic E-state index is -3.96. The summed E-state index contributed by atoms with van der Waals surface area (Å²) in [6.45, 7) is 2.29. The van der Waals surface area contributed by atoms with Crippen LogP contribution in [-0.4, -0.2) is 116 Å². The molecule has 0 radical (unpaired) electrons. The molecule has 238 valence electrons. The molecule has 3 amide bonds. The Hall–Kier alpha value is -3.02. The van der Waals surface area contributed by atoms with Crippen molar-refractivity contribution in [1.29, 1.82) is 0 Å². The highest BCUT2D eigenvalue weighted by Gasteiger charge is 2.46. The number of carbonyl (C=O) groups is 3. The number of imide groups is 1. The fraction of sp³-hybridized carbons (Fsp3) is 0.667. The third kappa shape index (κ3) is 6.73. The average molecular weight is 645 g/mol. The number of carbonyl (C=O) groups excluding carboxylic acids is 3. The van der Waals surface area contributed by atoms with Crippen molar-refractivity contribution in [2.75, 3.05) is 39.3 Å². The average Bonchev–Trinajstić information content (AvgIpc) is 3.55. The van der Waals surface area contributed by atoms with Crippen LogP contribution in [0.4, 0.5) is 10.7 Å². The molecule has 2 aliphatic heterocycles. The van der Waals surface area contributed by atoms with Gasteiger partial charge in [0.05, 0.1) is 32.3 Å². The topological polar surface area (TPSA) is 214 Å². The second-order valence-corrected chi connectivity index (χ2v) is 14.9. The number of aromatic nitrogens is 4. The molecule has 4 N–H and O–H groups in total. The van der Waals surface area contributed by atoms with E-state index < -0.39 is 67.2 Å². The first kappa shape index (κ1) is 32.9. The van der Waals surface area contributed by atoms with Gasteiger partial charge in [-0.05, 0) is 20.8 Å². The third-order valence-electron chi connectivity index (χ3n) is 7.10. The Morgan fingerprint density at radius 1 is 1.28 bits per heavy atom. The van der Waals surface area contributed by atoms with Crippen LogP contribution in [0.2, 0.25) is 0 Å². The summed E-state index contributed by atoms with van der Waals surface area (Å²) in [5.74, 6) is -1.54. The fourth-order valence-corrected chi connectivity index (χ4v) is 8.66. The summed E-state index contributed by atoms with van der Waals surface area (Å²) in [5.41, 5.74) is 6.52. The maximum absolute atomic E-state index is 14.1. The summed E-state index contributed by atoms with van der Waals surface area (Å²) in [4.78, 5) is 52.1. The van der Waals surface area contributed by atoms with Gasteiger partial charge >= 0.3 is 18.7 Å². The Bertz CT molecular complexity index is 1430. The molecule has 2 aromatic rings. The Balaban J connectivity index is 1.51. The van der Waals surface area contributed by atoms with Gasteiger partial charge in [0.25, 0.3) is 5.91 Å². The van der Waals surface area contributed by atoms with Crippen molar-refractivity contribution in [2.45, 2.75) is 64.3 Å². The number of nitrogens with one attached hydrogen (secondary N) is 1. The second-order valence-electron chi connectivity index (χ2n) is 10.6. The lowest BCUT2D eigenvalue weighted by molar-refractivity contribution is -0.149. The SMILES string of the molecule is COc1nc(N)nc2c1ncn2C1OC(COP(=O)(N[C@@H](C)C(=O)OC(C)C)SCC2C(=O)N(C)C(=O)N2C)[C@@H](O)C1C. The van der Waals surface area contributed by atoms with E-state index in [9.17, 15) is 24.1 Å². The molecule has 7 atom stereocenters. The van der Waals surface area contributed by atoms with Gasteiger partial charge in [0.15, 0.2) is 11.2 Å². The van der Waals surface area contributed by atoms with Crippen LogP contribution < -0.4 is 15.6 Å². The van der Waals surface area contributed by atoms with E-state index in [1.165, 1.54) is 39.4 Å². The molecule has 0 aromatic carbocycles. The zero-order valence-electron chi connectivity index (χ0n) is 24.9. The van der Waals surface area contributed by atoms with Crippen molar-refractivity contribution in [3.8, 4) is 5.88 Å². The number of nitrogens with two attached hydrogens (primary N) is 1. The number of anilines is 1. The van der Waals surface area contributed by atoms with Crippen LogP contribution in [0.1, 0.15) is 33.9 Å². The molecule has 0 saturated carbocycles. The number of nitrogen functional groups attached to an aromatic ring is 1. The number of imidazole rings is 1. The fourth-order valence-electron chi connectivity index (χ4n) is 4.70. The van der Waals surface area contributed by atoms with Gasteiger partial charge in [0, 0.05) is 25.8 Å². The van der Waals surface area contributed by atoms with Crippen LogP contribution in [0, 0.1) is 5.92 Å². The number of nitrogens with zero attached hydrogens (tertiary/aromatic N) is 6. The van der Waals surface area contributed by atoms with Crippen LogP contribution in [0.25, 0.3) is 11.2 Å². The number of hydrogen-bond acceptors (Lipinski definition) is 14.